The van der Waals surface area contributed by atoms with Gasteiger partial charge in [-0.25, -0.2) is 8.60 Å². The van der Waals surface area contributed by atoms with E-state index >= 15 is 0 Å². The molecule has 192 valence electrons. The van der Waals surface area contributed by atoms with Crippen LogP contribution in [0.5, 0.6) is 23.0 Å². The minimum Gasteiger partial charge on any atom is -0.494 e. The number of methoxy groups -OCH3 is 1. The van der Waals surface area contributed by atoms with E-state index in [-0.39, 0.29) is 17.6 Å². The van der Waals surface area contributed by atoms with E-state index in [2.05, 4.69) is 17.0 Å². The van der Waals surface area contributed by atoms with E-state index in [9.17, 15) is 8.60 Å². The van der Waals surface area contributed by atoms with Crippen LogP contribution in [-0.4, -0.2) is 36.5 Å². The van der Waals surface area contributed by atoms with Crippen LogP contribution < -0.4 is 18.5 Å². The van der Waals surface area contributed by atoms with Gasteiger partial charge in [-0.1, -0.05) is 12.1 Å². The Labute approximate surface area is 213 Å². The molecule has 7 nitrogen and oxygen atoms in total. The molecule has 2 aromatic rings. The maximum absolute atomic E-state index is 13.9. The third-order valence-electron chi connectivity index (χ3n) is 6.83. The van der Waals surface area contributed by atoms with Crippen molar-refractivity contribution in [2.75, 3.05) is 27.4 Å². The van der Waals surface area contributed by atoms with Crippen LogP contribution in [0.1, 0.15) is 48.1 Å². The summed E-state index contributed by atoms with van der Waals surface area (Å²) in [7, 11) is 2.92. The highest BCUT2D eigenvalue weighted by Crippen LogP contribution is 2.49. The number of rotatable bonds is 8. The Bertz CT molecular complexity index is 1240. The van der Waals surface area contributed by atoms with Gasteiger partial charge >= 0.3 is 0 Å². The second kappa shape index (κ2) is 10.6. The SMILES string of the molecule is CCOc1ccc2c(c1)CCN1Cc3cc(OC)c(OOC)c(OS(=O)C4=CCCC(F)=C4)c3CC21. The Kier molecular flexibility index (Phi) is 7.32. The Hall–Kier alpha value is -2.88. The first kappa shape index (κ1) is 24.8. The van der Waals surface area contributed by atoms with Crippen LogP contribution >= 0.6 is 0 Å². The number of fused-ring (bicyclic) bond motifs is 4. The fourth-order valence-electron chi connectivity index (χ4n) is 5.19. The summed E-state index contributed by atoms with van der Waals surface area (Å²) in [5.74, 6) is 1.49. The molecule has 3 aliphatic rings. The molecule has 2 aliphatic heterocycles. The standard InChI is InChI=1S/C27H30FNO6S/c1-4-33-20-8-9-22-17(12-20)10-11-29-16-18-13-25(31-2)27(34-32-3)26(23(18)15-24(22)29)35-36(30)21-7-5-6-19(28)14-21/h7-9,12-14,24H,4-6,10-11,15-16H2,1-3H3. The summed E-state index contributed by atoms with van der Waals surface area (Å²) in [6, 6.07) is 8.31. The zero-order valence-corrected chi connectivity index (χ0v) is 21.5. The van der Waals surface area contributed by atoms with Gasteiger partial charge < -0.3 is 18.5 Å². The molecule has 0 bridgehead atoms. The Morgan fingerprint density at radius 2 is 2.00 bits per heavy atom. The van der Waals surface area contributed by atoms with Gasteiger partial charge in [-0.05, 0) is 67.2 Å². The minimum atomic E-state index is -1.94. The van der Waals surface area contributed by atoms with Crippen molar-refractivity contribution in [3.63, 3.8) is 0 Å². The number of benzene rings is 2. The predicted molar refractivity (Wildman–Crippen MR) is 134 cm³/mol. The van der Waals surface area contributed by atoms with E-state index < -0.39 is 11.1 Å². The molecule has 2 aromatic carbocycles. The van der Waals surface area contributed by atoms with Crippen LogP contribution in [0.2, 0.25) is 0 Å². The molecule has 0 saturated carbocycles. The average Bonchev–Trinajstić information content (AvgIpc) is 2.88. The topological polar surface area (TPSA) is 66.5 Å². The molecular weight excluding hydrogens is 485 g/mol. The number of hydrogen-bond acceptors (Lipinski definition) is 7. The highest BCUT2D eigenvalue weighted by molar-refractivity contribution is 7.84. The van der Waals surface area contributed by atoms with Crippen molar-refractivity contribution in [2.24, 2.45) is 0 Å². The molecule has 2 atom stereocenters. The van der Waals surface area contributed by atoms with Crippen molar-refractivity contribution >= 4 is 11.1 Å². The average molecular weight is 516 g/mol. The summed E-state index contributed by atoms with van der Waals surface area (Å²) >= 11 is -1.94. The van der Waals surface area contributed by atoms with Crippen LogP contribution in [0.3, 0.4) is 0 Å². The van der Waals surface area contributed by atoms with Gasteiger partial charge in [-0.2, -0.15) is 4.89 Å². The quantitative estimate of drug-likeness (QED) is 0.351. The van der Waals surface area contributed by atoms with Crippen molar-refractivity contribution in [1.82, 2.24) is 4.90 Å². The maximum Gasteiger partial charge on any atom is 0.250 e. The first-order valence-electron chi connectivity index (χ1n) is 12.1. The van der Waals surface area contributed by atoms with E-state index in [0.29, 0.717) is 48.8 Å². The van der Waals surface area contributed by atoms with Crippen molar-refractivity contribution in [2.45, 2.75) is 45.2 Å². The fraction of sp³-hybridized carbons (Fsp3) is 0.407. The number of hydrogen-bond donors (Lipinski definition) is 0. The van der Waals surface area contributed by atoms with E-state index in [4.69, 9.17) is 23.4 Å². The normalized spacial score (nSPS) is 19.7. The third kappa shape index (κ3) is 4.75. The minimum absolute atomic E-state index is 0.114. The lowest BCUT2D eigenvalue weighted by Gasteiger charge is -2.42. The van der Waals surface area contributed by atoms with Crippen LogP contribution in [0.25, 0.3) is 0 Å². The zero-order chi connectivity index (χ0) is 25.2. The van der Waals surface area contributed by atoms with Crippen molar-refractivity contribution in [1.29, 1.82) is 0 Å². The van der Waals surface area contributed by atoms with Crippen LogP contribution in [0.15, 0.2) is 47.1 Å². The summed E-state index contributed by atoms with van der Waals surface area (Å²) in [5, 5.41) is 0. The van der Waals surface area contributed by atoms with E-state index in [1.54, 1.807) is 6.08 Å². The summed E-state index contributed by atoms with van der Waals surface area (Å²) in [4.78, 5) is 13.2. The first-order valence-corrected chi connectivity index (χ1v) is 13.2. The Morgan fingerprint density at radius 1 is 1.14 bits per heavy atom. The van der Waals surface area contributed by atoms with Gasteiger partial charge in [0.2, 0.25) is 11.1 Å². The molecule has 0 radical (unpaired) electrons. The lowest BCUT2D eigenvalue weighted by atomic mass is 9.83. The van der Waals surface area contributed by atoms with Gasteiger partial charge in [0.25, 0.3) is 5.75 Å². The first-order chi connectivity index (χ1) is 17.5. The summed E-state index contributed by atoms with van der Waals surface area (Å²) in [6.07, 6.45) is 5.34. The molecule has 0 N–H and O–H groups in total. The number of allylic oxidation sites excluding steroid dienone is 3. The molecule has 2 heterocycles. The van der Waals surface area contributed by atoms with Gasteiger partial charge in [-0.3, -0.25) is 4.90 Å². The van der Waals surface area contributed by atoms with Crippen molar-refractivity contribution < 1.29 is 32.0 Å². The molecule has 1 aliphatic carbocycles. The van der Waals surface area contributed by atoms with Crippen LogP contribution in [-0.2, 0) is 35.4 Å². The molecule has 36 heavy (non-hydrogen) atoms. The van der Waals surface area contributed by atoms with Gasteiger partial charge in [0, 0.05) is 31.1 Å². The van der Waals surface area contributed by atoms with Crippen LogP contribution in [0.4, 0.5) is 4.39 Å². The smallest absolute Gasteiger partial charge is 0.250 e. The second-order valence-corrected chi connectivity index (χ2v) is 10.0. The third-order valence-corrected chi connectivity index (χ3v) is 7.81. The number of ether oxygens (including phenoxy) is 2. The molecule has 0 spiro atoms. The molecular formula is C27H30FNO6S. The van der Waals surface area contributed by atoms with Crippen LogP contribution in [0, 0.1) is 0 Å². The molecule has 0 fully saturated rings. The van der Waals surface area contributed by atoms with Gasteiger partial charge in [0.15, 0.2) is 11.5 Å². The second-order valence-electron chi connectivity index (χ2n) is 8.91. The van der Waals surface area contributed by atoms with E-state index in [1.807, 2.05) is 19.1 Å². The monoisotopic (exact) mass is 515 g/mol. The van der Waals surface area contributed by atoms with E-state index in [0.717, 1.165) is 29.8 Å². The van der Waals surface area contributed by atoms with Gasteiger partial charge in [0.05, 0.1) is 25.7 Å². The zero-order valence-electron chi connectivity index (χ0n) is 20.7. The molecule has 2 unspecified atom stereocenters. The fourth-order valence-corrected chi connectivity index (χ4v) is 6.09. The van der Waals surface area contributed by atoms with Crippen molar-refractivity contribution in [3.05, 3.63) is 69.4 Å². The molecule has 9 heteroatoms. The number of nitrogens with zero attached hydrogens (tertiary/aromatic N) is 1. The number of halogens is 1. The Balaban J connectivity index is 1.55. The lowest BCUT2D eigenvalue weighted by Crippen LogP contribution is -2.39. The molecule has 5 rings (SSSR count). The van der Waals surface area contributed by atoms with Gasteiger partial charge in [-0.15, -0.1) is 0 Å². The van der Waals surface area contributed by atoms with Crippen molar-refractivity contribution in [3.8, 4) is 23.0 Å². The van der Waals surface area contributed by atoms with E-state index in [1.165, 1.54) is 31.4 Å². The predicted octanol–water partition coefficient (Wildman–Crippen LogP) is 5.26. The lowest BCUT2D eigenvalue weighted by molar-refractivity contribution is -0.180. The summed E-state index contributed by atoms with van der Waals surface area (Å²) in [6.45, 7) is 4.19. The molecule has 0 amide bonds. The van der Waals surface area contributed by atoms with Gasteiger partial charge in [0.1, 0.15) is 11.6 Å². The largest absolute Gasteiger partial charge is 0.494 e. The molecule has 0 aromatic heterocycles. The highest BCUT2D eigenvalue weighted by atomic mass is 32.2. The molecule has 0 saturated heterocycles. The summed E-state index contributed by atoms with van der Waals surface area (Å²) < 4.78 is 44.4. The Morgan fingerprint density at radius 3 is 2.75 bits per heavy atom. The summed E-state index contributed by atoms with van der Waals surface area (Å²) in [5.41, 5.74) is 4.39. The highest BCUT2D eigenvalue weighted by Gasteiger charge is 2.36. The maximum atomic E-state index is 13.9.